The second-order valence-corrected chi connectivity index (χ2v) is 6.96. The maximum Gasteiger partial charge on any atom is 0.224 e. The van der Waals surface area contributed by atoms with E-state index in [2.05, 4.69) is 5.32 Å². The number of rotatable bonds is 8. The zero-order chi connectivity index (χ0) is 14.3. The van der Waals surface area contributed by atoms with Crippen LogP contribution < -0.4 is 5.32 Å². The number of methoxy groups -OCH3 is 1. The highest BCUT2D eigenvalue weighted by atomic mass is 32.2. The molecule has 1 rings (SSSR count). The summed E-state index contributed by atoms with van der Waals surface area (Å²) in [7, 11) is -1.31. The van der Waals surface area contributed by atoms with Gasteiger partial charge in [-0.3, -0.25) is 4.79 Å². The SMILES string of the molecule is CCN(C(=O)CCNCCOC)C1CCS(=O)(=O)C1. The molecule has 1 amide bonds. The third-order valence-corrected chi connectivity index (χ3v) is 5.06. The summed E-state index contributed by atoms with van der Waals surface area (Å²) in [4.78, 5) is 13.8. The fraction of sp³-hybridized carbons (Fsp3) is 0.917. The molecular formula is C12H24N2O4S. The Kier molecular flexibility index (Phi) is 6.74. The van der Waals surface area contributed by atoms with Crippen molar-refractivity contribution in [2.45, 2.75) is 25.8 Å². The molecule has 19 heavy (non-hydrogen) atoms. The molecular weight excluding hydrogens is 268 g/mol. The Morgan fingerprint density at radius 2 is 2.16 bits per heavy atom. The number of sulfone groups is 1. The summed E-state index contributed by atoms with van der Waals surface area (Å²) < 4.78 is 27.8. The summed E-state index contributed by atoms with van der Waals surface area (Å²) >= 11 is 0. The van der Waals surface area contributed by atoms with Gasteiger partial charge < -0.3 is 15.0 Å². The van der Waals surface area contributed by atoms with Gasteiger partial charge in [0.1, 0.15) is 0 Å². The van der Waals surface area contributed by atoms with Crippen LogP contribution in [-0.4, -0.2) is 70.1 Å². The Labute approximate surface area is 115 Å². The number of carbonyl (C=O) groups excluding carboxylic acids is 1. The van der Waals surface area contributed by atoms with E-state index in [0.29, 0.717) is 39.1 Å². The highest BCUT2D eigenvalue weighted by Crippen LogP contribution is 2.18. The highest BCUT2D eigenvalue weighted by Gasteiger charge is 2.33. The molecule has 0 spiro atoms. The van der Waals surface area contributed by atoms with Crippen LogP contribution in [0.5, 0.6) is 0 Å². The summed E-state index contributed by atoms with van der Waals surface area (Å²) in [6.45, 7) is 4.39. The van der Waals surface area contributed by atoms with E-state index in [-0.39, 0.29) is 23.5 Å². The van der Waals surface area contributed by atoms with Gasteiger partial charge in [0.2, 0.25) is 5.91 Å². The van der Waals surface area contributed by atoms with Gasteiger partial charge in [0.25, 0.3) is 0 Å². The van der Waals surface area contributed by atoms with Crippen molar-refractivity contribution in [3.8, 4) is 0 Å². The normalized spacial score (nSPS) is 21.5. The van der Waals surface area contributed by atoms with Crippen LogP contribution in [0, 0.1) is 0 Å². The monoisotopic (exact) mass is 292 g/mol. The summed E-state index contributed by atoms with van der Waals surface area (Å²) in [5.41, 5.74) is 0. The van der Waals surface area contributed by atoms with E-state index in [1.165, 1.54) is 0 Å². The molecule has 0 aromatic carbocycles. The van der Waals surface area contributed by atoms with E-state index >= 15 is 0 Å². The molecule has 112 valence electrons. The van der Waals surface area contributed by atoms with Gasteiger partial charge in [0.05, 0.1) is 18.1 Å². The van der Waals surface area contributed by atoms with Crippen LogP contribution in [0.2, 0.25) is 0 Å². The summed E-state index contributed by atoms with van der Waals surface area (Å²) in [5.74, 6) is 0.339. The third kappa shape index (κ3) is 5.46. The van der Waals surface area contributed by atoms with Crippen molar-refractivity contribution in [2.24, 2.45) is 0 Å². The first-order chi connectivity index (χ1) is 9.00. The van der Waals surface area contributed by atoms with Gasteiger partial charge in [0, 0.05) is 39.2 Å². The number of ether oxygens (including phenoxy) is 1. The van der Waals surface area contributed by atoms with Gasteiger partial charge in [-0.2, -0.15) is 0 Å². The maximum absolute atomic E-state index is 12.1. The fourth-order valence-corrected chi connectivity index (χ4v) is 4.03. The number of carbonyl (C=O) groups is 1. The van der Waals surface area contributed by atoms with E-state index in [0.717, 1.165) is 0 Å². The topological polar surface area (TPSA) is 75.7 Å². The maximum atomic E-state index is 12.1. The predicted molar refractivity (Wildman–Crippen MR) is 73.8 cm³/mol. The lowest BCUT2D eigenvalue weighted by Gasteiger charge is -2.27. The second kappa shape index (κ2) is 7.81. The lowest BCUT2D eigenvalue weighted by Crippen LogP contribution is -2.42. The number of hydrogen-bond acceptors (Lipinski definition) is 5. The predicted octanol–water partition coefficient (Wildman–Crippen LogP) is -0.352. The molecule has 0 aromatic rings. The largest absolute Gasteiger partial charge is 0.383 e. The van der Waals surface area contributed by atoms with Crippen LogP contribution in [0.15, 0.2) is 0 Å². The van der Waals surface area contributed by atoms with Crippen LogP contribution in [0.25, 0.3) is 0 Å². The molecule has 1 fully saturated rings. The Bertz CT molecular complexity index is 383. The minimum absolute atomic E-state index is 0.0227. The Morgan fingerprint density at radius 1 is 1.42 bits per heavy atom. The summed E-state index contributed by atoms with van der Waals surface area (Å²) in [6, 6.07) is -0.138. The van der Waals surface area contributed by atoms with E-state index in [1.54, 1.807) is 12.0 Å². The third-order valence-electron chi connectivity index (χ3n) is 3.31. The summed E-state index contributed by atoms with van der Waals surface area (Å²) in [6.07, 6.45) is 0.965. The Hall–Kier alpha value is -0.660. The molecule has 0 radical (unpaired) electrons. The molecule has 1 heterocycles. The van der Waals surface area contributed by atoms with Gasteiger partial charge in [-0.25, -0.2) is 8.42 Å². The average Bonchev–Trinajstić information content (AvgIpc) is 2.70. The molecule has 1 aliphatic heterocycles. The Morgan fingerprint density at radius 3 is 2.68 bits per heavy atom. The minimum atomic E-state index is -2.94. The smallest absolute Gasteiger partial charge is 0.224 e. The lowest BCUT2D eigenvalue weighted by atomic mass is 10.2. The van der Waals surface area contributed by atoms with Crippen LogP contribution in [0.1, 0.15) is 19.8 Å². The number of amides is 1. The average molecular weight is 292 g/mol. The zero-order valence-electron chi connectivity index (χ0n) is 11.7. The van der Waals surface area contributed by atoms with Crippen molar-refractivity contribution in [3.63, 3.8) is 0 Å². The van der Waals surface area contributed by atoms with E-state index < -0.39 is 9.84 Å². The van der Waals surface area contributed by atoms with Crippen LogP contribution in [0.3, 0.4) is 0 Å². The van der Waals surface area contributed by atoms with Gasteiger partial charge in [-0.15, -0.1) is 0 Å². The quantitative estimate of drug-likeness (QED) is 0.619. The van der Waals surface area contributed by atoms with E-state index in [4.69, 9.17) is 4.74 Å². The molecule has 1 aliphatic rings. The molecule has 1 saturated heterocycles. The lowest BCUT2D eigenvalue weighted by molar-refractivity contribution is -0.132. The second-order valence-electron chi connectivity index (χ2n) is 4.73. The molecule has 0 bridgehead atoms. The molecule has 6 nitrogen and oxygen atoms in total. The van der Waals surface area contributed by atoms with Crippen molar-refractivity contribution in [1.82, 2.24) is 10.2 Å². The number of nitrogens with one attached hydrogen (secondary N) is 1. The first kappa shape index (κ1) is 16.4. The van der Waals surface area contributed by atoms with Crippen molar-refractivity contribution in [1.29, 1.82) is 0 Å². The van der Waals surface area contributed by atoms with E-state index in [9.17, 15) is 13.2 Å². The van der Waals surface area contributed by atoms with Crippen molar-refractivity contribution in [2.75, 3.05) is 44.9 Å². The minimum Gasteiger partial charge on any atom is -0.383 e. The molecule has 7 heteroatoms. The van der Waals surface area contributed by atoms with Gasteiger partial charge >= 0.3 is 0 Å². The molecule has 1 N–H and O–H groups in total. The van der Waals surface area contributed by atoms with Crippen molar-refractivity contribution in [3.05, 3.63) is 0 Å². The molecule has 1 unspecified atom stereocenters. The highest BCUT2D eigenvalue weighted by molar-refractivity contribution is 7.91. The molecule has 0 aromatic heterocycles. The van der Waals surface area contributed by atoms with Crippen molar-refractivity contribution < 1.29 is 17.9 Å². The first-order valence-corrected chi connectivity index (χ1v) is 8.52. The Balaban J connectivity index is 2.36. The molecule has 0 aliphatic carbocycles. The first-order valence-electron chi connectivity index (χ1n) is 6.69. The van der Waals surface area contributed by atoms with Gasteiger partial charge in [-0.05, 0) is 13.3 Å². The van der Waals surface area contributed by atoms with Gasteiger partial charge in [0.15, 0.2) is 9.84 Å². The zero-order valence-corrected chi connectivity index (χ0v) is 12.5. The van der Waals surface area contributed by atoms with Crippen LogP contribution in [0.4, 0.5) is 0 Å². The van der Waals surface area contributed by atoms with Crippen molar-refractivity contribution >= 4 is 15.7 Å². The molecule has 0 saturated carbocycles. The number of nitrogens with zero attached hydrogens (tertiary/aromatic N) is 1. The fourth-order valence-electron chi connectivity index (χ4n) is 2.30. The molecule has 1 atom stereocenters. The van der Waals surface area contributed by atoms with Gasteiger partial charge in [-0.1, -0.05) is 0 Å². The van der Waals surface area contributed by atoms with Crippen LogP contribution in [-0.2, 0) is 19.4 Å². The standard InChI is InChI=1S/C12H24N2O4S/c1-3-14(11-5-9-19(16,17)10-11)12(15)4-6-13-7-8-18-2/h11,13H,3-10H2,1-2H3. The summed E-state index contributed by atoms with van der Waals surface area (Å²) in [5, 5.41) is 3.11. The number of hydrogen-bond donors (Lipinski definition) is 1. The van der Waals surface area contributed by atoms with Crippen LogP contribution >= 0.6 is 0 Å². The van der Waals surface area contributed by atoms with E-state index in [1.807, 2.05) is 6.92 Å².